The van der Waals surface area contributed by atoms with Gasteiger partial charge in [-0.3, -0.25) is 9.59 Å². The molecule has 6 heteroatoms. The lowest BCUT2D eigenvalue weighted by Gasteiger charge is -2.24. The largest absolute Gasteiger partial charge is 0.462 e. The molecule has 3 unspecified atom stereocenters. The molecule has 1 amide bonds. The molecule has 0 bridgehead atoms. The van der Waals surface area contributed by atoms with E-state index in [2.05, 4.69) is 74.7 Å². The molecule has 0 aromatic heterocycles. The summed E-state index contributed by atoms with van der Waals surface area (Å²) in [6, 6.07) is -0.707. The number of allylic oxidation sites excluding steroid dienone is 8. The Labute approximate surface area is 391 Å². The second-order valence-electron chi connectivity index (χ2n) is 18.6. The number of hydrogen-bond acceptors (Lipinski definition) is 5. The van der Waals surface area contributed by atoms with Crippen LogP contribution in [-0.4, -0.2) is 46.9 Å². The van der Waals surface area contributed by atoms with Crippen molar-refractivity contribution in [3.05, 3.63) is 48.6 Å². The molecule has 0 aromatic carbocycles. The van der Waals surface area contributed by atoms with Crippen LogP contribution >= 0.6 is 0 Å². The summed E-state index contributed by atoms with van der Waals surface area (Å²) in [4.78, 5) is 26.2. The predicted molar refractivity (Wildman–Crippen MR) is 273 cm³/mol. The number of ether oxygens (including phenoxy) is 1. The molecular formula is C57H105NO5. The minimum absolute atomic E-state index is 0.0665. The number of hydrogen-bond donors (Lipinski definition) is 3. The van der Waals surface area contributed by atoms with Gasteiger partial charge in [0.2, 0.25) is 5.91 Å². The Morgan fingerprint density at radius 1 is 0.476 bits per heavy atom. The van der Waals surface area contributed by atoms with Crippen LogP contribution in [0.25, 0.3) is 0 Å². The second kappa shape index (κ2) is 50.8. The molecular weight excluding hydrogens is 779 g/mol. The first-order valence-electron chi connectivity index (χ1n) is 27.4. The van der Waals surface area contributed by atoms with Crippen molar-refractivity contribution in [3.8, 4) is 0 Å². The Morgan fingerprint density at radius 2 is 0.857 bits per heavy atom. The Bertz CT molecular complexity index is 1080. The van der Waals surface area contributed by atoms with Crippen LogP contribution in [0.2, 0.25) is 0 Å². The van der Waals surface area contributed by atoms with Crippen molar-refractivity contribution in [2.75, 3.05) is 6.61 Å². The standard InChI is InChI=1S/C57H105NO5/c1-4-7-10-13-16-19-22-25-27-28-29-31-33-36-39-42-45-48-53(63-57(62)50-47-44-41-38-35-32-26-23-20-17-14-11-8-5-2)51-56(61)58-54(52-59)55(60)49-46-43-40-37-34-30-24-21-18-15-12-9-6-3/h8,11,17,20,25-27,32,53-55,59-60H,4-7,9-10,12-16,18-19,21-24,28-31,33-52H2,1-3H3,(H,58,61)/b11-8+,20-17+,27-25+,32-26+. The summed E-state index contributed by atoms with van der Waals surface area (Å²) in [6.07, 6.45) is 61.7. The van der Waals surface area contributed by atoms with Crippen LogP contribution in [0, 0.1) is 0 Å². The fourth-order valence-electron chi connectivity index (χ4n) is 8.26. The van der Waals surface area contributed by atoms with Gasteiger partial charge in [0.1, 0.15) is 6.10 Å². The van der Waals surface area contributed by atoms with Gasteiger partial charge in [0.15, 0.2) is 0 Å². The maximum atomic E-state index is 13.2. The van der Waals surface area contributed by atoms with Crippen LogP contribution in [0.1, 0.15) is 278 Å². The molecule has 0 fully saturated rings. The molecule has 368 valence electrons. The van der Waals surface area contributed by atoms with Crippen LogP contribution in [-0.2, 0) is 14.3 Å². The summed E-state index contributed by atoms with van der Waals surface area (Å²) >= 11 is 0. The van der Waals surface area contributed by atoms with Crippen LogP contribution in [0.5, 0.6) is 0 Å². The number of unbranched alkanes of at least 4 members (excludes halogenated alkanes) is 29. The van der Waals surface area contributed by atoms with E-state index in [-0.39, 0.29) is 24.9 Å². The van der Waals surface area contributed by atoms with E-state index < -0.39 is 18.2 Å². The van der Waals surface area contributed by atoms with Crippen LogP contribution in [0.4, 0.5) is 0 Å². The van der Waals surface area contributed by atoms with Crippen LogP contribution in [0.3, 0.4) is 0 Å². The van der Waals surface area contributed by atoms with Crippen molar-refractivity contribution in [2.24, 2.45) is 0 Å². The normalized spacial score (nSPS) is 13.5. The second-order valence-corrected chi connectivity index (χ2v) is 18.6. The molecule has 0 saturated heterocycles. The minimum atomic E-state index is -0.793. The number of carbonyl (C=O) groups excluding carboxylic acids is 2. The van der Waals surface area contributed by atoms with Crippen LogP contribution < -0.4 is 5.32 Å². The van der Waals surface area contributed by atoms with Crippen molar-refractivity contribution in [1.29, 1.82) is 0 Å². The van der Waals surface area contributed by atoms with Crippen molar-refractivity contribution < 1.29 is 24.5 Å². The molecule has 3 atom stereocenters. The molecule has 0 saturated carbocycles. The summed E-state index contributed by atoms with van der Waals surface area (Å²) in [7, 11) is 0. The summed E-state index contributed by atoms with van der Waals surface area (Å²) < 4.78 is 5.94. The van der Waals surface area contributed by atoms with Gasteiger partial charge >= 0.3 is 5.97 Å². The third-order valence-electron chi connectivity index (χ3n) is 12.4. The third-order valence-corrected chi connectivity index (χ3v) is 12.4. The van der Waals surface area contributed by atoms with E-state index in [1.54, 1.807) is 0 Å². The quantitative estimate of drug-likeness (QED) is 0.0321. The highest BCUT2D eigenvalue weighted by Crippen LogP contribution is 2.18. The number of carbonyl (C=O) groups is 2. The van der Waals surface area contributed by atoms with Gasteiger partial charge in [-0.25, -0.2) is 0 Å². The maximum Gasteiger partial charge on any atom is 0.306 e. The van der Waals surface area contributed by atoms with E-state index in [0.29, 0.717) is 19.3 Å². The molecule has 0 aliphatic rings. The fraction of sp³-hybridized carbons (Fsp3) is 0.825. The summed E-state index contributed by atoms with van der Waals surface area (Å²) in [5.41, 5.74) is 0. The van der Waals surface area contributed by atoms with E-state index in [1.807, 2.05) is 0 Å². The molecule has 0 rings (SSSR count). The zero-order valence-electron chi connectivity index (χ0n) is 42.0. The van der Waals surface area contributed by atoms with E-state index in [4.69, 9.17) is 4.74 Å². The molecule has 3 N–H and O–H groups in total. The Balaban J connectivity index is 4.60. The van der Waals surface area contributed by atoms with E-state index in [0.717, 1.165) is 89.9 Å². The molecule has 0 spiro atoms. The van der Waals surface area contributed by atoms with Gasteiger partial charge in [-0.15, -0.1) is 0 Å². The number of esters is 1. The minimum Gasteiger partial charge on any atom is -0.462 e. The third kappa shape index (κ3) is 46.2. The molecule has 0 aliphatic heterocycles. The van der Waals surface area contributed by atoms with Gasteiger partial charge in [-0.05, 0) is 83.5 Å². The van der Waals surface area contributed by atoms with E-state index in [9.17, 15) is 19.8 Å². The van der Waals surface area contributed by atoms with Gasteiger partial charge < -0.3 is 20.3 Å². The lowest BCUT2D eigenvalue weighted by molar-refractivity contribution is -0.151. The molecule has 6 nitrogen and oxygen atoms in total. The van der Waals surface area contributed by atoms with Gasteiger partial charge in [0.05, 0.1) is 25.2 Å². The first-order chi connectivity index (χ1) is 31.0. The van der Waals surface area contributed by atoms with Gasteiger partial charge in [0, 0.05) is 6.42 Å². The Morgan fingerprint density at radius 3 is 1.32 bits per heavy atom. The summed E-state index contributed by atoms with van der Waals surface area (Å²) in [5.74, 6) is -0.496. The van der Waals surface area contributed by atoms with Gasteiger partial charge in [-0.1, -0.05) is 230 Å². The first kappa shape index (κ1) is 60.8. The average Bonchev–Trinajstić information content (AvgIpc) is 3.28. The lowest BCUT2D eigenvalue weighted by atomic mass is 10.0. The van der Waals surface area contributed by atoms with Crippen molar-refractivity contribution in [3.63, 3.8) is 0 Å². The lowest BCUT2D eigenvalue weighted by Crippen LogP contribution is -2.46. The first-order valence-corrected chi connectivity index (χ1v) is 27.4. The van der Waals surface area contributed by atoms with E-state index >= 15 is 0 Å². The van der Waals surface area contributed by atoms with Crippen molar-refractivity contribution >= 4 is 11.9 Å². The van der Waals surface area contributed by atoms with Crippen molar-refractivity contribution in [2.45, 2.75) is 296 Å². The monoisotopic (exact) mass is 884 g/mol. The summed E-state index contributed by atoms with van der Waals surface area (Å²) in [5, 5.41) is 23.8. The van der Waals surface area contributed by atoms with Crippen molar-refractivity contribution in [1.82, 2.24) is 5.32 Å². The number of nitrogens with one attached hydrogen (secondary N) is 1. The zero-order valence-corrected chi connectivity index (χ0v) is 42.0. The fourth-order valence-corrected chi connectivity index (χ4v) is 8.26. The molecule has 0 aliphatic carbocycles. The number of rotatable bonds is 49. The Kier molecular flexibility index (Phi) is 49.1. The number of amides is 1. The van der Waals surface area contributed by atoms with E-state index in [1.165, 1.54) is 141 Å². The predicted octanol–water partition coefficient (Wildman–Crippen LogP) is 16.6. The molecule has 63 heavy (non-hydrogen) atoms. The summed E-state index contributed by atoms with van der Waals surface area (Å²) in [6.45, 7) is 6.38. The smallest absolute Gasteiger partial charge is 0.306 e. The highest BCUT2D eigenvalue weighted by molar-refractivity contribution is 5.77. The highest BCUT2D eigenvalue weighted by Gasteiger charge is 2.24. The number of aliphatic hydroxyl groups is 2. The zero-order chi connectivity index (χ0) is 45.9. The Hall–Kier alpha value is -2.18. The highest BCUT2D eigenvalue weighted by atomic mass is 16.5. The SMILES string of the molecule is CC/C=C/C/C=C/C/C=C/CCCCCCC(=O)OC(CCCCCCCCC/C=C/CCCCCCCC)CC(=O)NC(CO)C(O)CCCCCCCCCCCCCCC. The van der Waals surface area contributed by atoms with Gasteiger partial charge in [-0.2, -0.15) is 0 Å². The van der Waals surface area contributed by atoms with Crippen LogP contribution in [0.15, 0.2) is 48.6 Å². The average molecular weight is 884 g/mol. The number of aliphatic hydroxyl groups excluding tert-OH is 2. The molecule has 0 radical (unpaired) electrons. The maximum absolute atomic E-state index is 13.2. The molecule has 0 heterocycles. The topological polar surface area (TPSA) is 95.9 Å². The molecule has 0 aromatic rings. The van der Waals surface area contributed by atoms with Gasteiger partial charge in [0.25, 0.3) is 0 Å².